The van der Waals surface area contributed by atoms with E-state index in [0.29, 0.717) is 22.8 Å². The van der Waals surface area contributed by atoms with Gasteiger partial charge in [-0.2, -0.15) is 0 Å². The molecule has 18 heavy (non-hydrogen) atoms. The van der Waals surface area contributed by atoms with Gasteiger partial charge in [0, 0.05) is 18.5 Å². The van der Waals surface area contributed by atoms with Crippen LogP contribution in [0.3, 0.4) is 0 Å². The van der Waals surface area contributed by atoms with Gasteiger partial charge < -0.3 is 0 Å². The van der Waals surface area contributed by atoms with E-state index in [1.54, 1.807) is 24.3 Å². The molecule has 1 aliphatic rings. The van der Waals surface area contributed by atoms with Crippen LogP contribution in [0.25, 0.3) is 0 Å². The van der Waals surface area contributed by atoms with Crippen LogP contribution < -0.4 is 4.72 Å². The summed E-state index contributed by atoms with van der Waals surface area (Å²) >= 11 is 0. The zero-order chi connectivity index (χ0) is 13.0. The number of benzene rings is 1. The molecule has 0 radical (unpaired) electrons. The molecule has 1 heterocycles. The molecule has 0 fully saturated rings. The molecule has 0 saturated heterocycles. The molecule has 1 aromatic rings. The summed E-state index contributed by atoms with van der Waals surface area (Å²) in [6, 6.07) is 6.84. The Labute approximate surface area is 107 Å². The van der Waals surface area contributed by atoms with Crippen molar-refractivity contribution in [3.8, 4) is 12.3 Å². The minimum absolute atomic E-state index is 0.298. The molecule has 0 spiro atoms. The minimum Gasteiger partial charge on any atom is -0.267 e. The SMILES string of the molecule is C#CCCCCN=C1NS(=O)(=O)c2ccccc21. The number of nitrogens with one attached hydrogen (secondary N) is 1. The first kappa shape index (κ1) is 12.7. The number of unbranched alkanes of at least 4 members (excludes halogenated alkanes) is 2. The number of nitrogens with zero attached hydrogens (tertiary/aromatic N) is 1. The van der Waals surface area contributed by atoms with Gasteiger partial charge in [-0.3, -0.25) is 9.71 Å². The van der Waals surface area contributed by atoms with Crippen molar-refractivity contribution in [3.63, 3.8) is 0 Å². The molecule has 0 amide bonds. The average Bonchev–Trinajstić information content (AvgIpc) is 2.62. The molecule has 0 aliphatic carbocycles. The lowest BCUT2D eigenvalue weighted by Gasteiger charge is -1.98. The third kappa shape index (κ3) is 2.54. The topological polar surface area (TPSA) is 58.5 Å². The van der Waals surface area contributed by atoms with Gasteiger partial charge in [0.1, 0.15) is 5.84 Å². The Bertz CT molecular complexity index is 612. The van der Waals surface area contributed by atoms with Crippen molar-refractivity contribution in [2.45, 2.75) is 24.2 Å². The van der Waals surface area contributed by atoms with E-state index >= 15 is 0 Å². The third-order valence-electron chi connectivity index (χ3n) is 2.66. The van der Waals surface area contributed by atoms with Gasteiger partial charge in [0.2, 0.25) is 0 Å². The highest BCUT2D eigenvalue weighted by Crippen LogP contribution is 2.22. The highest BCUT2D eigenvalue weighted by atomic mass is 32.2. The number of hydrogen-bond donors (Lipinski definition) is 1. The van der Waals surface area contributed by atoms with E-state index < -0.39 is 10.0 Å². The molecule has 0 aromatic heterocycles. The number of hydrogen-bond acceptors (Lipinski definition) is 3. The summed E-state index contributed by atoms with van der Waals surface area (Å²) in [5.41, 5.74) is 0.648. The van der Waals surface area contributed by atoms with E-state index in [0.717, 1.165) is 19.3 Å². The highest BCUT2D eigenvalue weighted by Gasteiger charge is 2.29. The summed E-state index contributed by atoms with van der Waals surface area (Å²) in [7, 11) is -3.42. The van der Waals surface area contributed by atoms with Crippen molar-refractivity contribution < 1.29 is 8.42 Å². The Morgan fingerprint density at radius 3 is 2.83 bits per heavy atom. The van der Waals surface area contributed by atoms with Crippen LogP contribution in [0.4, 0.5) is 0 Å². The molecule has 1 N–H and O–H groups in total. The van der Waals surface area contributed by atoms with Gasteiger partial charge in [-0.1, -0.05) is 12.1 Å². The Kier molecular flexibility index (Phi) is 3.68. The molecule has 1 aromatic carbocycles. The fourth-order valence-corrected chi connectivity index (χ4v) is 3.03. The molecular formula is C13H14N2O2S. The van der Waals surface area contributed by atoms with Crippen LogP contribution in [0.15, 0.2) is 34.2 Å². The fourth-order valence-electron chi connectivity index (χ4n) is 1.78. The number of terminal acetylenes is 1. The second-order valence-electron chi connectivity index (χ2n) is 3.99. The second kappa shape index (κ2) is 5.23. The lowest BCUT2D eigenvalue weighted by molar-refractivity contribution is 0.595. The van der Waals surface area contributed by atoms with Crippen molar-refractivity contribution >= 4 is 15.9 Å². The maximum Gasteiger partial charge on any atom is 0.263 e. The summed E-state index contributed by atoms with van der Waals surface area (Å²) in [4.78, 5) is 4.59. The smallest absolute Gasteiger partial charge is 0.263 e. The second-order valence-corrected chi connectivity index (χ2v) is 5.64. The maximum atomic E-state index is 11.8. The monoisotopic (exact) mass is 262 g/mol. The third-order valence-corrected chi connectivity index (χ3v) is 4.06. The van der Waals surface area contributed by atoms with Crippen LogP contribution in [-0.4, -0.2) is 20.8 Å². The van der Waals surface area contributed by atoms with Crippen LogP contribution in [0.2, 0.25) is 0 Å². The van der Waals surface area contributed by atoms with Gasteiger partial charge in [0.25, 0.3) is 10.0 Å². The van der Waals surface area contributed by atoms with E-state index in [9.17, 15) is 8.42 Å². The molecule has 0 bridgehead atoms. The molecule has 1 aliphatic heterocycles. The number of sulfonamides is 1. The van der Waals surface area contributed by atoms with E-state index in [4.69, 9.17) is 6.42 Å². The molecule has 0 saturated carbocycles. The predicted molar refractivity (Wildman–Crippen MR) is 70.9 cm³/mol. The van der Waals surface area contributed by atoms with Crippen LogP contribution >= 0.6 is 0 Å². The molecule has 2 rings (SSSR count). The van der Waals surface area contributed by atoms with Gasteiger partial charge in [-0.15, -0.1) is 12.3 Å². The molecule has 0 atom stereocenters. The largest absolute Gasteiger partial charge is 0.267 e. The number of aliphatic imine (C=N–C) groups is 1. The van der Waals surface area contributed by atoms with E-state index in [1.165, 1.54) is 0 Å². The number of fused-ring (bicyclic) bond motifs is 1. The van der Waals surface area contributed by atoms with Gasteiger partial charge in [-0.25, -0.2) is 8.42 Å². The first-order valence-corrected chi connectivity index (χ1v) is 7.23. The lowest BCUT2D eigenvalue weighted by atomic mass is 10.2. The summed E-state index contributed by atoms with van der Waals surface area (Å²) in [6.07, 6.45) is 7.65. The van der Waals surface area contributed by atoms with E-state index in [2.05, 4.69) is 15.6 Å². The zero-order valence-corrected chi connectivity index (χ0v) is 10.7. The van der Waals surface area contributed by atoms with Crippen LogP contribution in [-0.2, 0) is 10.0 Å². The number of rotatable bonds is 4. The quantitative estimate of drug-likeness (QED) is 0.661. The molecule has 5 heteroatoms. The van der Waals surface area contributed by atoms with Crippen molar-refractivity contribution in [2.24, 2.45) is 4.99 Å². The van der Waals surface area contributed by atoms with E-state index in [1.807, 2.05) is 0 Å². The van der Waals surface area contributed by atoms with Crippen LogP contribution in [0.5, 0.6) is 0 Å². The van der Waals surface area contributed by atoms with Crippen LogP contribution in [0.1, 0.15) is 24.8 Å². The maximum absolute atomic E-state index is 11.8. The highest BCUT2D eigenvalue weighted by molar-refractivity contribution is 7.90. The summed E-state index contributed by atoms with van der Waals surface area (Å²) in [6.45, 7) is 0.577. The van der Waals surface area contributed by atoms with E-state index in [-0.39, 0.29) is 0 Å². The van der Waals surface area contributed by atoms with Crippen molar-refractivity contribution in [2.75, 3.05) is 6.54 Å². The minimum atomic E-state index is -3.42. The first-order chi connectivity index (χ1) is 8.65. The average molecular weight is 262 g/mol. The summed E-state index contributed by atoms with van der Waals surface area (Å²) in [5, 5.41) is 0. The fraction of sp³-hybridized carbons (Fsp3) is 0.308. The van der Waals surface area contributed by atoms with Crippen LogP contribution in [0, 0.1) is 12.3 Å². The predicted octanol–water partition coefficient (Wildman–Crippen LogP) is 1.53. The molecule has 0 unspecified atom stereocenters. The number of amidine groups is 1. The van der Waals surface area contributed by atoms with Crippen molar-refractivity contribution in [1.82, 2.24) is 4.72 Å². The standard InChI is InChI=1S/C13H14N2O2S/c1-2-3-4-7-10-14-13-11-8-5-6-9-12(11)18(16,17)15-13/h1,5-6,8-9H,3-4,7,10H2,(H,14,15). The normalized spacial score (nSPS) is 18.1. The lowest BCUT2D eigenvalue weighted by Crippen LogP contribution is -2.22. The van der Waals surface area contributed by atoms with Crippen molar-refractivity contribution in [1.29, 1.82) is 0 Å². The molecular weight excluding hydrogens is 248 g/mol. The first-order valence-electron chi connectivity index (χ1n) is 5.75. The Balaban J connectivity index is 2.13. The van der Waals surface area contributed by atoms with Gasteiger partial charge in [0.05, 0.1) is 4.90 Å². The van der Waals surface area contributed by atoms with Crippen molar-refractivity contribution in [3.05, 3.63) is 29.8 Å². The van der Waals surface area contributed by atoms with Gasteiger partial charge in [0.15, 0.2) is 0 Å². The zero-order valence-electron chi connectivity index (χ0n) is 9.89. The van der Waals surface area contributed by atoms with Gasteiger partial charge in [-0.05, 0) is 25.0 Å². The summed E-state index contributed by atoms with van der Waals surface area (Å²) < 4.78 is 26.0. The molecule has 94 valence electrons. The summed E-state index contributed by atoms with van der Waals surface area (Å²) in [5.74, 6) is 3.00. The Morgan fingerprint density at radius 1 is 1.28 bits per heavy atom. The Morgan fingerprint density at radius 2 is 2.06 bits per heavy atom. The van der Waals surface area contributed by atoms with Gasteiger partial charge >= 0.3 is 0 Å². The molecule has 4 nitrogen and oxygen atoms in total. The Hall–Kier alpha value is -1.80.